The van der Waals surface area contributed by atoms with Gasteiger partial charge in [0.2, 0.25) is 0 Å². The Morgan fingerprint density at radius 2 is 2.15 bits per heavy atom. The summed E-state index contributed by atoms with van der Waals surface area (Å²) in [7, 11) is 1.87. The van der Waals surface area contributed by atoms with Gasteiger partial charge >= 0.3 is 5.97 Å². The first kappa shape index (κ1) is 17.6. The number of halogens is 1. The number of aromatic nitrogens is 2. The fourth-order valence-electron chi connectivity index (χ4n) is 4.09. The van der Waals surface area contributed by atoms with Gasteiger partial charge in [0.1, 0.15) is 22.3 Å². The Hall–Kier alpha value is -1.79. The number of fused-ring (bicyclic) bond motifs is 3. The van der Waals surface area contributed by atoms with Crippen molar-refractivity contribution in [3.63, 3.8) is 0 Å². The highest BCUT2D eigenvalue weighted by molar-refractivity contribution is 6.30. The van der Waals surface area contributed by atoms with E-state index in [0.29, 0.717) is 23.5 Å². The zero-order chi connectivity index (χ0) is 18.8. The van der Waals surface area contributed by atoms with Crippen LogP contribution in [-0.2, 0) is 16.5 Å². The van der Waals surface area contributed by atoms with E-state index in [1.165, 1.54) is 0 Å². The molecule has 2 aromatic heterocycles. The maximum absolute atomic E-state index is 12.8. The second kappa shape index (κ2) is 5.86. The van der Waals surface area contributed by atoms with Gasteiger partial charge in [-0.3, -0.25) is 0 Å². The van der Waals surface area contributed by atoms with E-state index in [1.807, 2.05) is 45.4 Å². The van der Waals surface area contributed by atoms with Crippen molar-refractivity contribution in [3.8, 4) is 0 Å². The number of hydrogen-bond acceptors (Lipinski definition) is 5. The standard InChI is InChI=1S/C19H24ClN3O3/c1-10-15-13(22(5)16(10)18(24)26-19(2,3)4)7-14(20)21-17(15)23-8-12-6-11(23)9-25-12/h7,11-12H,6,8-9H2,1-5H3/t11-,12-/m1/s1. The number of ether oxygens (including phenoxy) is 2. The van der Waals surface area contributed by atoms with Crippen molar-refractivity contribution in [3.05, 3.63) is 22.5 Å². The Labute approximate surface area is 158 Å². The molecule has 4 heterocycles. The summed E-state index contributed by atoms with van der Waals surface area (Å²) in [4.78, 5) is 19.7. The van der Waals surface area contributed by atoms with Gasteiger partial charge in [-0.2, -0.15) is 0 Å². The van der Waals surface area contributed by atoms with Gasteiger partial charge in [-0.05, 0) is 45.7 Å². The Morgan fingerprint density at radius 3 is 2.73 bits per heavy atom. The summed E-state index contributed by atoms with van der Waals surface area (Å²) in [6.07, 6.45) is 1.27. The molecule has 2 saturated heterocycles. The van der Waals surface area contributed by atoms with Gasteiger partial charge in [-0.25, -0.2) is 9.78 Å². The molecule has 7 heteroatoms. The molecule has 0 unspecified atom stereocenters. The third-order valence-corrected chi connectivity index (χ3v) is 5.33. The number of carbonyl (C=O) groups excluding carboxylic acids is 1. The van der Waals surface area contributed by atoms with Gasteiger partial charge in [-0.15, -0.1) is 0 Å². The Balaban J connectivity index is 1.87. The number of aryl methyl sites for hydroxylation is 2. The topological polar surface area (TPSA) is 56.6 Å². The van der Waals surface area contributed by atoms with E-state index in [-0.39, 0.29) is 12.1 Å². The van der Waals surface area contributed by atoms with Crippen LogP contribution in [0.2, 0.25) is 5.15 Å². The number of nitrogens with zero attached hydrogens (tertiary/aromatic N) is 3. The van der Waals surface area contributed by atoms with Gasteiger partial charge in [0.15, 0.2) is 0 Å². The van der Waals surface area contributed by atoms with Crippen LogP contribution in [0.4, 0.5) is 5.82 Å². The third kappa shape index (κ3) is 2.76. The number of rotatable bonds is 2. The average molecular weight is 378 g/mol. The van der Waals surface area contributed by atoms with Crippen LogP contribution < -0.4 is 4.90 Å². The molecule has 26 heavy (non-hydrogen) atoms. The summed E-state index contributed by atoms with van der Waals surface area (Å²) < 4.78 is 13.2. The molecular formula is C19H24ClN3O3. The van der Waals surface area contributed by atoms with Crippen molar-refractivity contribution in [2.75, 3.05) is 18.1 Å². The fourth-order valence-corrected chi connectivity index (χ4v) is 4.27. The molecule has 0 spiro atoms. The molecule has 2 fully saturated rings. The number of morpholine rings is 1. The van der Waals surface area contributed by atoms with Crippen LogP contribution in [0.15, 0.2) is 6.07 Å². The van der Waals surface area contributed by atoms with Crippen LogP contribution in [-0.4, -0.2) is 46.4 Å². The molecule has 2 aromatic rings. The quantitative estimate of drug-likeness (QED) is 0.592. The van der Waals surface area contributed by atoms with Crippen molar-refractivity contribution in [1.82, 2.24) is 9.55 Å². The number of carbonyl (C=O) groups is 1. The van der Waals surface area contributed by atoms with Crippen molar-refractivity contribution < 1.29 is 14.3 Å². The monoisotopic (exact) mass is 377 g/mol. The largest absolute Gasteiger partial charge is 0.455 e. The number of anilines is 1. The Kier molecular flexibility index (Phi) is 3.97. The normalized spacial score (nSPS) is 22.5. The van der Waals surface area contributed by atoms with E-state index in [2.05, 4.69) is 9.88 Å². The first-order chi connectivity index (χ1) is 12.2. The zero-order valence-electron chi connectivity index (χ0n) is 15.8. The SMILES string of the molecule is Cc1c(C(=O)OC(C)(C)C)n(C)c2cc(Cl)nc(N3C[C@H]4C[C@@H]3CO4)c12. The van der Waals surface area contributed by atoms with Crippen LogP contribution >= 0.6 is 11.6 Å². The van der Waals surface area contributed by atoms with Crippen molar-refractivity contribution in [1.29, 1.82) is 0 Å². The van der Waals surface area contributed by atoms with E-state index >= 15 is 0 Å². The minimum Gasteiger partial charge on any atom is -0.455 e. The lowest BCUT2D eigenvalue weighted by molar-refractivity contribution is 0.00586. The molecule has 0 N–H and O–H groups in total. The van der Waals surface area contributed by atoms with Crippen LogP contribution in [0.25, 0.3) is 10.9 Å². The van der Waals surface area contributed by atoms with E-state index in [1.54, 1.807) is 0 Å². The average Bonchev–Trinajstić information content (AvgIpc) is 3.20. The molecule has 2 atom stereocenters. The predicted molar refractivity (Wildman–Crippen MR) is 101 cm³/mol. The zero-order valence-corrected chi connectivity index (χ0v) is 16.6. The van der Waals surface area contributed by atoms with Crippen molar-refractivity contribution in [2.24, 2.45) is 7.05 Å². The summed E-state index contributed by atoms with van der Waals surface area (Å²) in [5, 5.41) is 1.39. The van der Waals surface area contributed by atoms with Crippen LogP contribution in [0.5, 0.6) is 0 Å². The molecule has 2 aliphatic rings. The van der Waals surface area contributed by atoms with Crippen LogP contribution in [0, 0.1) is 6.92 Å². The highest BCUT2D eigenvalue weighted by atomic mass is 35.5. The molecule has 0 saturated carbocycles. The third-order valence-electron chi connectivity index (χ3n) is 5.14. The van der Waals surface area contributed by atoms with Crippen molar-refractivity contribution in [2.45, 2.75) is 51.9 Å². The highest BCUT2D eigenvalue weighted by Crippen LogP contribution is 2.39. The maximum atomic E-state index is 12.8. The number of hydrogen-bond donors (Lipinski definition) is 0. The van der Waals surface area contributed by atoms with E-state index in [4.69, 9.17) is 21.1 Å². The van der Waals surface area contributed by atoms with E-state index in [0.717, 1.165) is 35.2 Å². The van der Waals surface area contributed by atoms with Gasteiger partial charge in [-0.1, -0.05) is 11.6 Å². The number of esters is 1. The molecule has 0 aliphatic carbocycles. The molecule has 140 valence electrons. The minimum absolute atomic E-state index is 0.255. The summed E-state index contributed by atoms with van der Waals surface area (Å²) in [6, 6.07) is 2.13. The van der Waals surface area contributed by atoms with E-state index in [9.17, 15) is 4.79 Å². The predicted octanol–water partition coefficient (Wildman–Crippen LogP) is 3.47. The highest BCUT2D eigenvalue weighted by Gasteiger charge is 2.41. The Bertz CT molecular complexity index is 900. The fraction of sp³-hybridized carbons (Fsp3) is 0.579. The second-order valence-electron chi connectivity index (χ2n) is 8.19. The van der Waals surface area contributed by atoms with Gasteiger partial charge in [0, 0.05) is 19.0 Å². The lowest BCUT2D eigenvalue weighted by Crippen LogP contribution is -2.37. The lowest BCUT2D eigenvalue weighted by Gasteiger charge is -2.28. The second-order valence-corrected chi connectivity index (χ2v) is 8.58. The molecular weight excluding hydrogens is 354 g/mol. The minimum atomic E-state index is -0.551. The number of pyridine rings is 1. The smallest absolute Gasteiger partial charge is 0.355 e. The van der Waals surface area contributed by atoms with Crippen molar-refractivity contribution >= 4 is 34.3 Å². The molecule has 0 radical (unpaired) electrons. The molecule has 6 nitrogen and oxygen atoms in total. The molecule has 2 bridgehead atoms. The van der Waals surface area contributed by atoms with Gasteiger partial charge in [0.25, 0.3) is 0 Å². The Morgan fingerprint density at radius 1 is 1.42 bits per heavy atom. The molecule has 0 amide bonds. The maximum Gasteiger partial charge on any atom is 0.355 e. The van der Waals surface area contributed by atoms with E-state index < -0.39 is 5.60 Å². The summed E-state index contributed by atoms with van der Waals surface area (Å²) in [5.74, 6) is 0.508. The van der Waals surface area contributed by atoms with Crippen LogP contribution in [0.1, 0.15) is 43.2 Å². The summed E-state index contributed by atoms with van der Waals surface area (Å²) in [6.45, 7) is 9.08. The first-order valence-corrected chi connectivity index (χ1v) is 9.30. The summed E-state index contributed by atoms with van der Waals surface area (Å²) >= 11 is 6.33. The molecule has 2 aliphatic heterocycles. The van der Waals surface area contributed by atoms with Gasteiger partial charge in [0.05, 0.1) is 24.3 Å². The molecule has 0 aromatic carbocycles. The van der Waals surface area contributed by atoms with Gasteiger partial charge < -0.3 is 18.9 Å². The molecule has 4 rings (SSSR count). The lowest BCUT2D eigenvalue weighted by atomic mass is 10.1. The summed E-state index contributed by atoms with van der Waals surface area (Å²) in [5.41, 5.74) is 1.76. The first-order valence-electron chi connectivity index (χ1n) is 8.93. The van der Waals surface area contributed by atoms with Crippen LogP contribution in [0.3, 0.4) is 0 Å².